The van der Waals surface area contributed by atoms with Gasteiger partial charge in [-0.1, -0.05) is 19.4 Å². The maximum Gasteiger partial charge on any atom is 0.304 e. The molecule has 0 amide bonds. The molecule has 0 aromatic heterocycles. The van der Waals surface area contributed by atoms with Crippen molar-refractivity contribution < 1.29 is 19.5 Å². The summed E-state index contributed by atoms with van der Waals surface area (Å²) in [6.07, 6.45) is 8.25. The molecule has 4 aliphatic rings. The van der Waals surface area contributed by atoms with Crippen LogP contribution < -0.4 is 0 Å². The predicted octanol–water partition coefficient (Wildman–Crippen LogP) is 4.27. The second-order valence-electron chi connectivity index (χ2n) is 9.52. The fourth-order valence-corrected chi connectivity index (χ4v) is 8.23. The van der Waals surface area contributed by atoms with Crippen molar-refractivity contribution in [3.8, 4) is 0 Å². The monoisotopic (exact) mass is 390 g/mol. The second kappa shape index (κ2) is 6.75. The molecule has 148 valence electrons. The molecule has 3 fully saturated rings. The molecule has 4 nitrogen and oxygen atoms in total. The molecule has 0 aliphatic heterocycles. The Labute approximate surface area is 165 Å². The van der Waals surface area contributed by atoms with Crippen LogP contribution in [0.2, 0.25) is 0 Å². The number of ketones is 2. The molecule has 3 saturated carbocycles. The molecule has 0 radical (unpaired) electrons. The molecule has 5 heteroatoms. The molecule has 0 heterocycles. The van der Waals surface area contributed by atoms with E-state index in [2.05, 4.69) is 13.8 Å². The van der Waals surface area contributed by atoms with Gasteiger partial charge in [0, 0.05) is 29.3 Å². The molecule has 27 heavy (non-hydrogen) atoms. The van der Waals surface area contributed by atoms with Crippen LogP contribution in [-0.2, 0) is 14.4 Å². The van der Waals surface area contributed by atoms with Crippen LogP contribution in [0, 0.1) is 28.6 Å². The van der Waals surface area contributed by atoms with Crippen molar-refractivity contribution in [2.45, 2.75) is 70.5 Å². The first-order valence-corrected chi connectivity index (χ1v) is 11.4. The van der Waals surface area contributed by atoms with E-state index >= 15 is 0 Å². The van der Waals surface area contributed by atoms with E-state index in [1.807, 2.05) is 6.08 Å². The van der Waals surface area contributed by atoms with Crippen molar-refractivity contribution >= 4 is 29.3 Å². The highest BCUT2D eigenvalue weighted by Crippen LogP contribution is 2.65. The largest absolute Gasteiger partial charge is 0.481 e. The third kappa shape index (κ3) is 3.01. The minimum Gasteiger partial charge on any atom is -0.481 e. The number of rotatable bonds is 4. The minimum atomic E-state index is -0.753. The maximum absolute atomic E-state index is 12.7. The summed E-state index contributed by atoms with van der Waals surface area (Å²) in [4.78, 5) is 35.8. The van der Waals surface area contributed by atoms with Crippen LogP contribution in [0.15, 0.2) is 11.6 Å². The zero-order chi connectivity index (χ0) is 19.4. The Balaban J connectivity index is 1.68. The van der Waals surface area contributed by atoms with Gasteiger partial charge in [0.2, 0.25) is 0 Å². The van der Waals surface area contributed by atoms with Crippen LogP contribution in [0.25, 0.3) is 0 Å². The normalized spacial score (nSPS) is 43.6. The molecular formula is C22H30O4S. The first-order chi connectivity index (χ1) is 12.8. The van der Waals surface area contributed by atoms with Gasteiger partial charge in [0.1, 0.15) is 5.78 Å². The molecule has 0 unspecified atom stereocenters. The molecule has 0 aromatic rings. The van der Waals surface area contributed by atoms with Gasteiger partial charge >= 0.3 is 5.97 Å². The fraction of sp³-hybridized carbons (Fsp3) is 0.773. The first-order valence-electron chi connectivity index (χ1n) is 10.4. The number of hydrogen-bond donors (Lipinski definition) is 1. The quantitative estimate of drug-likeness (QED) is 0.776. The van der Waals surface area contributed by atoms with Crippen molar-refractivity contribution in [3.63, 3.8) is 0 Å². The molecule has 4 aliphatic carbocycles. The van der Waals surface area contributed by atoms with E-state index in [1.54, 1.807) is 11.8 Å². The summed E-state index contributed by atoms with van der Waals surface area (Å²) >= 11 is 1.77. The van der Waals surface area contributed by atoms with E-state index in [-0.39, 0.29) is 23.0 Å². The lowest BCUT2D eigenvalue weighted by molar-refractivity contribution is -0.136. The summed E-state index contributed by atoms with van der Waals surface area (Å²) < 4.78 is 0. The molecular weight excluding hydrogens is 360 g/mol. The highest BCUT2D eigenvalue weighted by atomic mass is 32.2. The third-order valence-electron chi connectivity index (χ3n) is 8.32. The average molecular weight is 391 g/mol. The smallest absolute Gasteiger partial charge is 0.304 e. The van der Waals surface area contributed by atoms with E-state index < -0.39 is 5.97 Å². The van der Waals surface area contributed by atoms with Gasteiger partial charge in [-0.3, -0.25) is 14.4 Å². The van der Waals surface area contributed by atoms with Crippen molar-refractivity contribution in [2.75, 3.05) is 5.75 Å². The zero-order valence-corrected chi connectivity index (χ0v) is 17.1. The van der Waals surface area contributed by atoms with Crippen LogP contribution in [0.5, 0.6) is 0 Å². The highest BCUT2D eigenvalue weighted by Gasteiger charge is 2.61. The van der Waals surface area contributed by atoms with Crippen molar-refractivity contribution in [3.05, 3.63) is 11.6 Å². The van der Waals surface area contributed by atoms with Gasteiger partial charge in [0.15, 0.2) is 5.78 Å². The van der Waals surface area contributed by atoms with Gasteiger partial charge in [-0.15, -0.1) is 0 Å². The number of aliphatic carboxylic acids is 1. The van der Waals surface area contributed by atoms with Crippen LogP contribution >= 0.6 is 11.8 Å². The van der Waals surface area contributed by atoms with Gasteiger partial charge in [0.25, 0.3) is 0 Å². The summed E-state index contributed by atoms with van der Waals surface area (Å²) in [6.45, 7) is 4.53. The number of carboxylic acid groups (broad SMARTS) is 1. The zero-order valence-electron chi connectivity index (χ0n) is 16.3. The van der Waals surface area contributed by atoms with E-state index in [4.69, 9.17) is 5.11 Å². The van der Waals surface area contributed by atoms with Crippen LogP contribution in [0.3, 0.4) is 0 Å². The van der Waals surface area contributed by atoms with Crippen molar-refractivity contribution in [1.82, 2.24) is 0 Å². The molecule has 0 saturated heterocycles. The SMILES string of the molecule is C[C@]12CCC(=O)C=C1C[C@H](SCCC(=O)O)[C@@H]1[C@@H]2CC[C@]2(C)C(=O)CC[C@@H]12. The lowest BCUT2D eigenvalue weighted by Crippen LogP contribution is -2.54. The Morgan fingerprint density at radius 2 is 1.89 bits per heavy atom. The summed E-state index contributed by atoms with van der Waals surface area (Å²) in [6, 6.07) is 0. The lowest BCUT2D eigenvalue weighted by atomic mass is 9.47. The van der Waals surface area contributed by atoms with Gasteiger partial charge in [-0.05, 0) is 61.3 Å². The number of thioether (sulfide) groups is 1. The minimum absolute atomic E-state index is 0.0788. The Bertz CT molecular complexity index is 713. The van der Waals surface area contributed by atoms with Gasteiger partial charge in [-0.2, -0.15) is 11.8 Å². The fourth-order valence-electron chi connectivity index (χ4n) is 6.74. The van der Waals surface area contributed by atoms with Gasteiger partial charge in [-0.25, -0.2) is 0 Å². The number of Topliss-reactive ketones (excluding diaryl/α,β-unsaturated/α-hetero) is 1. The van der Waals surface area contributed by atoms with Crippen molar-refractivity contribution in [2.24, 2.45) is 28.6 Å². The van der Waals surface area contributed by atoms with E-state index in [1.165, 1.54) is 5.57 Å². The molecule has 1 N–H and O–H groups in total. The van der Waals surface area contributed by atoms with Gasteiger partial charge in [0.05, 0.1) is 6.42 Å². The topological polar surface area (TPSA) is 71.4 Å². The standard InChI is InChI=1S/C22H30O4S/c1-21-8-5-14(23)11-13(21)12-17(27-10-7-19(25)26)20-15-3-4-18(24)22(15,2)9-6-16(20)21/h11,15-17,20H,3-10,12H2,1-2H3,(H,25,26)/t15-,16-,17-,20-,21-,22-/m0/s1. The van der Waals surface area contributed by atoms with Crippen LogP contribution in [0.1, 0.15) is 65.2 Å². The summed E-state index contributed by atoms with van der Waals surface area (Å²) in [5.74, 6) is 1.93. The average Bonchev–Trinajstić information content (AvgIpc) is 2.91. The molecule has 0 bridgehead atoms. The van der Waals surface area contributed by atoms with E-state index in [0.29, 0.717) is 47.4 Å². The molecule has 0 aromatic carbocycles. The molecule has 4 rings (SSSR count). The summed E-state index contributed by atoms with van der Waals surface area (Å²) in [7, 11) is 0. The lowest BCUT2D eigenvalue weighted by Gasteiger charge is -2.59. The van der Waals surface area contributed by atoms with E-state index in [9.17, 15) is 14.4 Å². The summed E-state index contributed by atoms with van der Waals surface area (Å²) in [5, 5.41) is 9.38. The number of carbonyl (C=O) groups is 3. The van der Waals surface area contributed by atoms with Crippen molar-refractivity contribution in [1.29, 1.82) is 0 Å². The number of hydrogen-bond acceptors (Lipinski definition) is 4. The first kappa shape index (κ1) is 19.2. The Hall–Kier alpha value is -1.10. The van der Waals surface area contributed by atoms with Crippen LogP contribution in [-0.4, -0.2) is 33.6 Å². The molecule has 6 atom stereocenters. The maximum atomic E-state index is 12.7. The Morgan fingerprint density at radius 3 is 2.63 bits per heavy atom. The summed E-state index contributed by atoms with van der Waals surface area (Å²) in [5.41, 5.74) is 1.19. The number of fused-ring (bicyclic) bond motifs is 5. The Morgan fingerprint density at radius 1 is 1.15 bits per heavy atom. The second-order valence-corrected chi connectivity index (χ2v) is 10.9. The van der Waals surface area contributed by atoms with E-state index in [0.717, 1.165) is 32.1 Å². The Kier molecular flexibility index (Phi) is 4.81. The predicted molar refractivity (Wildman–Crippen MR) is 106 cm³/mol. The third-order valence-corrected chi connectivity index (χ3v) is 9.67. The molecule has 0 spiro atoms. The number of carboxylic acids is 1. The number of carbonyl (C=O) groups excluding carboxylic acids is 2. The van der Waals surface area contributed by atoms with Gasteiger partial charge < -0.3 is 5.11 Å². The highest BCUT2D eigenvalue weighted by molar-refractivity contribution is 7.99. The van der Waals surface area contributed by atoms with Crippen LogP contribution in [0.4, 0.5) is 0 Å². The number of allylic oxidation sites excluding steroid dienone is 1.